The van der Waals surface area contributed by atoms with E-state index in [0.29, 0.717) is 22.0 Å². The highest BCUT2D eigenvalue weighted by atomic mass is 15.0. The molecule has 11 rings (SSSR count). The topological polar surface area (TPSA) is 14.8 Å². The van der Waals surface area contributed by atoms with E-state index < -0.39 is 153 Å². The second-order valence-corrected chi connectivity index (χ2v) is 11.9. The minimum absolute atomic E-state index is 0.148. The van der Waals surface area contributed by atoms with Crippen LogP contribution in [0.25, 0.3) is 93.6 Å². The first kappa shape index (κ1) is 15.4. The van der Waals surface area contributed by atoms with Gasteiger partial charge in [0.2, 0.25) is 0 Å². The van der Waals surface area contributed by atoms with Crippen molar-refractivity contribution in [1.29, 1.82) is 0 Å². The number of nitrogens with zero attached hydrogens (tertiary/aromatic N) is 3. The summed E-state index contributed by atoms with van der Waals surface area (Å²) in [5.74, 6) is 0. The van der Waals surface area contributed by atoms with Crippen LogP contribution in [0.4, 0.5) is 0 Å². The first-order chi connectivity index (χ1) is 33.3. The Kier molecular flexibility index (Phi) is 3.26. The zero-order chi connectivity index (χ0) is 50.0. The Morgan fingerprint density at radius 1 is 0.333 bits per heavy atom. The smallest absolute Gasteiger partial charge is 0.0667 e. The molecular formula is C48H31N3. The standard InChI is InChI=1S/C48H31N3/c1-3-14-32(15-4-1)33-26-28-38-36-18-7-10-21-41(36)50(46(38)30-33)35-27-29-39-37-19-8-11-22-42(37)51(47(39)31-35)45-25-13-24-44-48(45)40-20-9-12-23-43(40)49(44)34-16-5-2-6-17-34/h1-31H/i1D,3D,4D,7D,8D,10D,11D,14D,15D,18D,19D,21D,22D,26D,27D,28D,29D,30D,31D. The molecule has 0 bridgehead atoms. The van der Waals surface area contributed by atoms with Gasteiger partial charge in [-0.25, -0.2) is 0 Å². The minimum Gasteiger partial charge on any atom is -0.309 e. The predicted octanol–water partition coefficient (Wildman–Crippen LogP) is 12.6. The van der Waals surface area contributed by atoms with Crippen molar-refractivity contribution in [3.63, 3.8) is 0 Å². The molecule has 0 amide bonds. The third-order valence-electron chi connectivity index (χ3n) is 9.21. The third kappa shape index (κ3) is 4.06. The number of fused-ring (bicyclic) bond motifs is 9. The van der Waals surface area contributed by atoms with Crippen molar-refractivity contribution in [3.05, 3.63) is 188 Å². The van der Waals surface area contributed by atoms with Gasteiger partial charge in [-0.1, -0.05) is 127 Å². The van der Waals surface area contributed by atoms with Gasteiger partial charge < -0.3 is 13.7 Å². The lowest BCUT2D eigenvalue weighted by Gasteiger charge is -2.13. The zero-order valence-electron chi connectivity index (χ0n) is 45.3. The summed E-state index contributed by atoms with van der Waals surface area (Å²) in [6.45, 7) is 0. The Hall–Kier alpha value is -6.84. The number of benzene rings is 8. The minimum atomic E-state index is -0.817. The summed E-state index contributed by atoms with van der Waals surface area (Å²) in [6, 6.07) is 8.31. The van der Waals surface area contributed by atoms with Crippen molar-refractivity contribution in [3.8, 4) is 28.2 Å². The number of hydrogen-bond acceptors (Lipinski definition) is 0. The first-order valence-corrected chi connectivity index (χ1v) is 16.0. The maximum Gasteiger partial charge on any atom is 0.0667 e. The van der Waals surface area contributed by atoms with E-state index >= 15 is 0 Å². The molecule has 0 aliphatic carbocycles. The molecule has 238 valence electrons. The maximum atomic E-state index is 10.3. The normalized spacial score (nSPS) is 17.1. The molecule has 0 atom stereocenters. The molecule has 3 heterocycles. The number of para-hydroxylation sites is 4. The van der Waals surface area contributed by atoms with E-state index in [0.717, 1.165) is 15.8 Å². The van der Waals surface area contributed by atoms with Crippen LogP contribution in [-0.2, 0) is 0 Å². The fourth-order valence-corrected chi connectivity index (χ4v) is 7.13. The molecule has 0 spiro atoms. The Morgan fingerprint density at radius 3 is 1.75 bits per heavy atom. The molecule has 51 heavy (non-hydrogen) atoms. The average Bonchev–Trinajstić information content (AvgIpc) is 4.02. The molecule has 0 radical (unpaired) electrons. The molecule has 3 nitrogen and oxygen atoms in total. The first-order valence-electron chi connectivity index (χ1n) is 25.5. The second kappa shape index (κ2) is 10.8. The second-order valence-electron chi connectivity index (χ2n) is 11.9. The lowest BCUT2D eigenvalue weighted by atomic mass is 10.0. The lowest BCUT2D eigenvalue weighted by molar-refractivity contribution is 1.16. The summed E-state index contributed by atoms with van der Waals surface area (Å²) in [5.41, 5.74) is -0.703. The van der Waals surface area contributed by atoms with Crippen LogP contribution in [-0.4, -0.2) is 13.7 Å². The summed E-state index contributed by atoms with van der Waals surface area (Å²) in [7, 11) is 0. The molecule has 3 heteroatoms. The molecule has 0 N–H and O–H groups in total. The van der Waals surface area contributed by atoms with Crippen molar-refractivity contribution in [2.75, 3.05) is 0 Å². The van der Waals surface area contributed by atoms with Gasteiger partial charge in [0.25, 0.3) is 0 Å². The zero-order valence-corrected chi connectivity index (χ0v) is 26.3. The number of hydrogen-bond donors (Lipinski definition) is 0. The van der Waals surface area contributed by atoms with Gasteiger partial charge in [0.05, 0.1) is 64.8 Å². The van der Waals surface area contributed by atoms with Crippen LogP contribution >= 0.6 is 0 Å². The molecule has 0 aliphatic heterocycles. The van der Waals surface area contributed by atoms with Gasteiger partial charge in [-0.2, -0.15) is 0 Å². The SMILES string of the molecule is [2H]c1c([2H])c([2H])c(-c2c([2H])c([2H])c3c4c([2H])c([2H])c([2H])c([2H])c4n(-c4c([2H])c([2H])c5c6c([2H])c([2H])c([2H])c([2H])c6n(-c6cccc7c6c6ccccc6n7-c6ccccc6)c5c4[2H])c3c2[2H])c([2H])c1[2H]. The van der Waals surface area contributed by atoms with E-state index in [2.05, 4.69) is 0 Å². The van der Waals surface area contributed by atoms with Gasteiger partial charge in [0.15, 0.2) is 0 Å². The Labute approximate surface area is 321 Å². The molecule has 8 aromatic carbocycles. The highest BCUT2D eigenvalue weighted by molar-refractivity contribution is 6.17. The van der Waals surface area contributed by atoms with Crippen molar-refractivity contribution in [2.45, 2.75) is 0 Å². The van der Waals surface area contributed by atoms with Crippen LogP contribution in [0, 0.1) is 0 Å². The summed E-state index contributed by atoms with van der Waals surface area (Å²) in [4.78, 5) is 0. The van der Waals surface area contributed by atoms with E-state index in [1.54, 1.807) is 12.1 Å². The highest BCUT2D eigenvalue weighted by Gasteiger charge is 2.21. The third-order valence-corrected chi connectivity index (χ3v) is 9.21. The molecule has 11 aromatic rings. The summed E-state index contributed by atoms with van der Waals surface area (Å²) in [5, 5.41) is 0.0356. The lowest BCUT2D eigenvalue weighted by Crippen LogP contribution is -1.98. The molecule has 0 saturated heterocycles. The van der Waals surface area contributed by atoms with Gasteiger partial charge in [-0.3, -0.25) is 0 Å². The van der Waals surface area contributed by atoms with Crippen LogP contribution in [0.1, 0.15) is 26.0 Å². The number of aromatic nitrogens is 3. The largest absolute Gasteiger partial charge is 0.309 e. The summed E-state index contributed by atoms with van der Waals surface area (Å²) >= 11 is 0. The molecule has 0 saturated carbocycles. The van der Waals surface area contributed by atoms with E-state index in [4.69, 9.17) is 13.7 Å². The van der Waals surface area contributed by atoms with Crippen LogP contribution in [0.15, 0.2) is 188 Å². The fraction of sp³-hybridized carbons (Fsp3) is 0. The van der Waals surface area contributed by atoms with Crippen LogP contribution in [0.2, 0.25) is 0 Å². The summed E-state index contributed by atoms with van der Waals surface area (Å²) < 4.78 is 177. The Balaban J connectivity index is 1.41. The number of rotatable bonds is 4. The van der Waals surface area contributed by atoms with E-state index in [1.165, 1.54) is 4.57 Å². The van der Waals surface area contributed by atoms with Crippen molar-refractivity contribution in [2.24, 2.45) is 0 Å². The van der Waals surface area contributed by atoms with Crippen molar-refractivity contribution < 1.29 is 26.0 Å². The highest BCUT2D eigenvalue weighted by Crippen LogP contribution is 2.41. The Morgan fingerprint density at radius 2 is 0.941 bits per heavy atom. The summed E-state index contributed by atoms with van der Waals surface area (Å²) in [6.07, 6.45) is 0. The van der Waals surface area contributed by atoms with Crippen molar-refractivity contribution >= 4 is 65.4 Å². The van der Waals surface area contributed by atoms with Gasteiger partial charge in [0.1, 0.15) is 0 Å². The van der Waals surface area contributed by atoms with Crippen LogP contribution < -0.4 is 0 Å². The van der Waals surface area contributed by atoms with Gasteiger partial charge in [-0.05, 0) is 71.7 Å². The van der Waals surface area contributed by atoms with Gasteiger partial charge in [-0.15, -0.1) is 0 Å². The average molecular weight is 669 g/mol. The van der Waals surface area contributed by atoms with Gasteiger partial charge >= 0.3 is 0 Å². The molecule has 3 aromatic heterocycles. The fourth-order valence-electron chi connectivity index (χ4n) is 7.13. The van der Waals surface area contributed by atoms with Crippen molar-refractivity contribution in [1.82, 2.24) is 13.7 Å². The molecule has 0 unspecified atom stereocenters. The molecular weight excluding hydrogens is 619 g/mol. The maximum absolute atomic E-state index is 10.3. The van der Waals surface area contributed by atoms with E-state index in [1.807, 2.05) is 65.2 Å². The van der Waals surface area contributed by atoms with E-state index in [9.17, 15) is 12.3 Å². The molecule has 0 aliphatic rings. The van der Waals surface area contributed by atoms with Crippen LogP contribution in [0.3, 0.4) is 0 Å². The Bertz CT molecular complexity index is 4200. The molecule has 0 fully saturated rings. The predicted molar refractivity (Wildman–Crippen MR) is 215 cm³/mol. The van der Waals surface area contributed by atoms with Gasteiger partial charge in [0, 0.05) is 43.7 Å². The quantitative estimate of drug-likeness (QED) is 0.177. The monoisotopic (exact) mass is 668 g/mol. The van der Waals surface area contributed by atoms with E-state index in [-0.39, 0.29) is 21.8 Å². The van der Waals surface area contributed by atoms with Crippen LogP contribution in [0.5, 0.6) is 0 Å².